The van der Waals surface area contributed by atoms with E-state index in [4.69, 9.17) is 11.6 Å². The van der Waals surface area contributed by atoms with Crippen LogP contribution in [-0.2, 0) is 21.2 Å². The smallest absolute Gasteiger partial charge is 0.233 e. The second-order valence-corrected chi connectivity index (χ2v) is 10.2. The predicted molar refractivity (Wildman–Crippen MR) is 111 cm³/mol. The molecule has 0 aliphatic carbocycles. The molecule has 0 spiro atoms. The SMILES string of the molecule is C=CCn1c(SCC(=O)N(C)[C@@H]2CCS(=O)(=O)C2)nnc1-c1ccc(Cl)cc1. The number of carbonyl (C=O) groups is 1. The number of allylic oxidation sites excluding steroid dienone is 1. The van der Waals surface area contributed by atoms with Crippen LogP contribution in [0.15, 0.2) is 42.1 Å². The topological polar surface area (TPSA) is 85.2 Å². The number of rotatable bonds is 7. The average Bonchev–Trinajstić information content (AvgIpc) is 3.23. The molecule has 7 nitrogen and oxygen atoms in total. The van der Waals surface area contributed by atoms with Gasteiger partial charge in [0.1, 0.15) is 0 Å². The third kappa shape index (κ3) is 4.76. The Kier molecular flexibility index (Phi) is 6.47. The minimum atomic E-state index is -3.03. The minimum absolute atomic E-state index is 0.0350. The second-order valence-electron chi connectivity index (χ2n) is 6.56. The van der Waals surface area contributed by atoms with Crippen molar-refractivity contribution in [2.75, 3.05) is 24.3 Å². The van der Waals surface area contributed by atoms with Crippen LogP contribution in [0.2, 0.25) is 5.02 Å². The highest BCUT2D eigenvalue weighted by Gasteiger charge is 2.32. The molecule has 0 saturated carbocycles. The van der Waals surface area contributed by atoms with E-state index in [1.807, 2.05) is 16.7 Å². The summed E-state index contributed by atoms with van der Waals surface area (Å²) in [6.07, 6.45) is 2.23. The first kappa shape index (κ1) is 20.9. The first-order valence-electron chi connectivity index (χ1n) is 8.69. The van der Waals surface area contributed by atoms with E-state index < -0.39 is 9.84 Å². The van der Waals surface area contributed by atoms with Crippen LogP contribution < -0.4 is 0 Å². The summed E-state index contributed by atoms with van der Waals surface area (Å²) in [7, 11) is -1.38. The molecule has 1 saturated heterocycles. The van der Waals surface area contributed by atoms with Crippen molar-refractivity contribution in [3.8, 4) is 11.4 Å². The van der Waals surface area contributed by atoms with Gasteiger partial charge in [0, 0.05) is 30.2 Å². The Labute approximate surface area is 173 Å². The van der Waals surface area contributed by atoms with Crippen molar-refractivity contribution in [1.29, 1.82) is 0 Å². The van der Waals surface area contributed by atoms with Gasteiger partial charge in [-0.3, -0.25) is 9.36 Å². The van der Waals surface area contributed by atoms with E-state index in [0.29, 0.717) is 29.0 Å². The highest BCUT2D eigenvalue weighted by Crippen LogP contribution is 2.26. The number of aromatic nitrogens is 3. The summed E-state index contributed by atoms with van der Waals surface area (Å²) in [6, 6.07) is 7.03. The predicted octanol–water partition coefficient (Wildman–Crippen LogP) is 2.52. The maximum atomic E-state index is 12.5. The van der Waals surface area contributed by atoms with E-state index in [1.165, 1.54) is 16.7 Å². The van der Waals surface area contributed by atoms with Gasteiger partial charge < -0.3 is 4.90 Å². The normalized spacial score (nSPS) is 18.1. The van der Waals surface area contributed by atoms with Gasteiger partial charge in [-0.2, -0.15) is 0 Å². The number of halogens is 1. The lowest BCUT2D eigenvalue weighted by molar-refractivity contribution is -0.128. The maximum Gasteiger partial charge on any atom is 0.233 e. The molecule has 1 aromatic heterocycles. The molecule has 1 aromatic carbocycles. The van der Waals surface area contributed by atoms with Gasteiger partial charge >= 0.3 is 0 Å². The number of benzene rings is 1. The summed E-state index contributed by atoms with van der Waals surface area (Å²) in [5.41, 5.74) is 0.866. The second kappa shape index (κ2) is 8.67. The van der Waals surface area contributed by atoms with Crippen molar-refractivity contribution in [1.82, 2.24) is 19.7 Å². The Morgan fingerprint density at radius 1 is 1.39 bits per heavy atom. The minimum Gasteiger partial charge on any atom is -0.341 e. The van der Waals surface area contributed by atoms with Crippen molar-refractivity contribution in [3.63, 3.8) is 0 Å². The van der Waals surface area contributed by atoms with Gasteiger partial charge in [-0.05, 0) is 30.7 Å². The molecule has 3 rings (SSSR count). The molecular weight excluding hydrogens is 420 g/mol. The molecule has 28 heavy (non-hydrogen) atoms. The molecule has 0 unspecified atom stereocenters. The zero-order valence-corrected chi connectivity index (χ0v) is 17.8. The van der Waals surface area contributed by atoms with Gasteiger partial charge in [0.15, 0.2) is 20.8 Å². The monoisotopic (exact) mass is 440 g/mol. The van der Waals surface area contributed by atoms with Gasteiger partial charge in [0.2, 0.25) is 5.91 Å². The van der Waals surface area contributed by atoms with E-state index in [1.54, 1.807) is 25.3 Å². The third-order valence-electron chi connectivity index (χ3n) is 4.61. The number of hydrogen-bond donors (Lipinski definition) is 0. The number of carbonyl (C=O) groups excluding carboxylic acids is 1. The zero-order valence-electron chi connectivity index (χ0n) is 15.4. The van der Waals surface area contributed by atoms with Crippen LogP contribution in [0.25, 0.3) is 11.4 Å². The number of hydrogen-bond acceptors (Lipinski definition) is 6. The molecule has 0 radical (unpaired) electrons. The lowest BCUT2D eigenvalue weighted by Gasteiger charge is -2.23. The van der Waals surface area contributed by atoms with Crippen LogP contribution in [0.1, 0.15) is 6.42 Å². The number of sulfone groups is 1. The number of thioether (sulfide) groups is 1. The highest BCUT2D eigenvalue weighted by atomic mass is 35.5. The fraction of sp³-hybridized carbons (Fsp3) is 0.389. The van der Waals surface area contributed by atoms with Crippen molar-refractivity contribution in [2.24, 2.45) is 0 Å². The molecule has 1 aliphatic rings. The van der Waals surface area contributed by atoms with E-state index in [9.17, 15) is 13.2 Å². The molecule has 150 valence electrons. The first-order chi connectivity index (χ1) is 13.3. The van der Waals surface area contributed by atoms with Crippen molar-refractivity contribution in [3.05, 3.63) is 41.9 Å². The number of nitrogens with zero attached hydrogens (tertiary/aromatic N) is 4. The van der Waals surface area contributed by atoms with Crippen LogP contribution >= 0.6 is 23.4 Å². The highest BCUT2D eigenvalue weighted by molar-refractivity contribution is 7.99. The Hall–Kier alpha value is -1.84. The average molecular weight is 441 g/mol. The van der Waals surface area contributed by atoms with Crippen LogP contribution in [-0.4, -0.2) is 64.3 Å². The van der Waals surface area contributed by atoms with E-state index in [0.717, 1.165) is 5.56 Å². The summed E-state index contributed by atoms with van der Waals surface area (Å²) in [5.74, 6) is 0.867. The lowest BCUT2D eigenvalue weighted by Crippen LogP contribution is -2.38. The maximum absolute atomic E-state index is 12.5. The summed E-state index contributed by atoms with van der Waals surface area (Å²) in [6.45, 7) is 4.27. The third-order valence-corrected chi connectivity index (χ3v) is 7.56. The zero-order chi connectivity index (χ0) is 20.3. The molecule has 0 bridgehead atoms. The standard InChI is InChI=1S/C18H21ClN4O3S2/c1-3-9-23-17(13-4-6-14(19)7-5-13)20-21-18(23)27-11-16(24)22(2)15-8-10-28(25,26)12-15/h3-7,15H,1,8-12H2,2H3/t15-/m1/s1. The van der Waals surface area contributed by atoms with Gasteiger partial charge in [0.25, 0.3) is 0 Å². The molecular formula is C18H21ClN4O3S2. The molecule has 0 N–H and O–H groups in total. The summed E-state index contributed by atoms with van der Waals surface area (Å²) >= 11 is 7.22. The van der Waals surface area contributed by atoms with Gasteiger partial charge in [-0.25, -0.2) is 8.42 Å². The molecule has 1 atom stereocenters. The molecule has 10 heteroatoms. The Bertz CT molecular complexity index is 973. The Morgan fingerprint density at radius 3 is 2.71 bits per heavy atom. The number of amides is 1. The van der Waals surface area contributed by atoms with Crippen molar-refractivity contribution in [2.45, 2.75) is 24.2 Å². The van der Waals surface area contributed by atoms with E-state index in [2.05, 4.69) is 16.8 Å². The summed E-state index contributed by atoms with van der Waals surface area (Å²) in [5, 5.41) is 9.70. The summed E-state index contributed by atoms with van der Waals surface area (Å²) in [4.78, 5) is 14.0. The van der Waals surface area contributed by atoms with Crippen molar-refractivity contribution >= 4 is 39.1 Å². The fourth-order valence-corrected chi connectivity index (χ4v) is 5.79. The molecule has 2 heterocycles. The largest absolute Gasteiger partial charge is 0.341 e. The molecule has 1 amide bonds. The molecule has 2 aromatic rings. The fourth-order valence-electron chi connectivity index (χ4n) is 3.01. The van der Waals surface area contributed by atoms with Crippen molar-refractivity contribution < 1.29 is 13.2 Å². The quantitative estimate of drug-likeness (QED) is 0.485. The van der Waals surface area contributed by atoms with E-state index >= 15 is 0 Å². The molecule has 1 aliphatic heterocycles. The van der Waals surface area contributed by atoms with Gasteiger partial charge in [-0.15, -0.1) is 16.8 Å². The molecule has 1 fully saturated rings. The lowest BCUT2D eigenvalue weighted by atomic mass is 10.2. The van der Waals surface area contributed by atoms with Crippen LogP contribution in [0.4, 0.5) is 0 Å². The summed E-state index contributed by atoms with van der Waals surface area (Å²) < 4.78 is 25.2. The van der Waals surface area contributed by atoms with E-state index in [-0.39, 0.29) is 29.2 Å². The van der Waals surface area contributed by atoms with Gasteiger partial charge in [0.05, 0.1) is 17.3 Å². The Balaban J connectivity index is 1.71. The Morgan fingerprint density at radius 2 is 2.11 bits per heavy atom. The van der Waals surface area contributed by atoms with Crippen LogP contribution in [0, 0.1) is 0 Å². The van der Waals surface area contributed by atoms with Crippen LogP contribution in [0.5, 0.6) is 0 Å². The van der Waals surface area contributed by atoms with Crippen LogP contribution in [0.3, 0.4) is 0 Å². The van der Waals surface area contributed by atoms with Gasteiger partial charge in [-0.1, -0.05) is 29.4 Å². The first-order valence-corrected chi connectivity index (χ1v) is 11.9.